The van der Waals surface area contributed by atoms with Crippen LogP contribution in [0.2, 0.25) is 0 Å². The van der Waals surface area contributed by atoms with Crippen LogP contribution in [-0.4, -0.2) is 67.0 Å². The van der Waals surface area contributed by atoms with Crippen molar-refractivity contribution in [3.63, 3.8) is 0 Å². The highest BCUT2D eigenvalue weighted by Gasteiger charge is 2.45. The number of rotatable bonds is 8. The molecule has 7 rings (SSSR count). The number of nitrogens with one attached hydrogen (secondary N) is 2. The van der Waals surface area contributed by atoms with Gasteiger partial charge >= 0.3 is 6.01 Å². The number of ether oxygens (including phenoxy) is 1. The van der Waals surface area contributed by atoms with Gasteiger partial charge in [-0.25, -0.2) is 8.78 Å². The molecule has 0 radical (unpaired) electrons. The molecule has 11 heteroatoms. The summed E-state index contributed by atoms with van der Waals surface area (Å²) >= 11 is 0. The first-order valence-electron chi connectivity index (χ1n) is 13.6. The fourth-order valence-electron chi connectivity index (χ4n) is 6.23. The molecule has 2 aliphatic rings. The van der Waals surface area contributed by atoms with Crippen molar-refractivity contribution >= 4 is 27.5 Å². The lowest BCUT2D eigenvalue weighted by Gasteiger charge is -2.31. The molecule has 2 saturated heterocycles. The smallest absolute Gasteiger partial charge is 0.319 e. The summed E-state index contributed by atoms with van der Waals surface area (Å²) in [5.41, 5.74) is 1.23. The standard InChI is InChI=1S/C29H28F2N8O/c30-22-8-2-6-18-5-1-7-20(23(18)22)25-24(31)26-21(16-33-25)27(32-12-9-19-15-34-38-37-19)36-28(35-26)40-17-29-10-3-13-39(29)14-4-11-29/h1-2,5-8,15-16H,3-4,9-14,17H2,(H,32,35,36)(H,34,37,38). The minimum Gasteiger partial charge on any atom is -0.461 e. The molecule has 2 aliphatic heterocycles. The van der Waals surface area contributed by atoms with E-state index in [0.29, 0.717) is 47.1 Å². The van der Waals surface area contributed by atoms with Gasteiger partial charge in [0.25, 0.3) is 0 Å². The van der Waals surface area contributed by atoms with Gasteiger partial charge in [-0.05, 0) is 50.2 Å². The van der Waals surface area contributed by atoms with Crippen molar-refractivity contribution < 1.29 is 13.5 Å². The number of benzene rings is 2. The van der Waals surface area contributed by atoms with Crippen molar-refractivity contribution in [2.45, 2.75) is 37.6 Å². The topological polar surface area (TPSA) is 105 Å². The molecule has 0 aliphatic carbocycles. The molecule has 0 unspecified atom stereocenters. The second-order valence-corrected chi connectivity index (χ2v) is 10.5. The molecule has 2 fully saturated rings. The zero-order valence-corrected chi connectivity index (χ0v) is 21.8. The average molecular weight is 543 g/mol. The van der Waals surface area contributed by atoms with Crippen LogP contribution in [0.1, 0.15) is 31.4 Å². The Morgan fingerprint density at radius 1 is 1.05 bits per heavy atom. The van der Waals surface area contributed by atoms with Gasteiger partial charge in [0.1, 0.15) is 29.5 Å². The summed E-state index contributed by atoms with van der Waals surface area (Å²) in [4.78, 5) is 16.1. The van der Waals surface area contributed by atoms with Crippen LogP contribution in [0.5, 0.6) is 6.01 Å². The zero-order valence-electron chi connectivity index (χ0n) is 21.8. The maximum Gasteiger partial charge on any atom is 0.319 e. The molecule has 2 aromatic carbocycles. The minimum absolute atomic E-state index is 0.0126. The van der Waals surface area contributed by atoms with E-state index in [1.165, 1.54) is 12.3 Å². The Hall–Kier alpha value is -4.25. The van der Waals surface area contributed by atoms with Crippen LogP contribution < -0.4 is 10.1 Å². The molecule has 0 saturated carbocycles. The molecule has 40 heavy (non-hydrogen) atoms. The Morgan fingerprint density at radius 3 is 2.67 bits per heavy atom. The Balaban J connectivity index is 1.29. The van der Waals surface area contributed by atoms with Crippen LogP contribution in [0, 0.1) is 11.6 Å². The predicted octanol–water partition coefficient (Wildman–Crippen LogP) is 4.90. The maximum absolute atomic E-state index is 16.3. The van der Waals surface area contributed by atoms with Crippen molar-refractivity contribution in [1.82, 2.24) is 35.3 Å². The molecular formula is C29H28F2N8O. The van der Waals surface area contributed by atoms with Gasteiger partial charge in [-0.1, -0.05) is 35.5 Å². The molecule has 5 aromatic rings. The van der Waals surface area contributed by atoms with Crippen LogP contribution in [0.4, 0.5) is 14.6 Å². The Labute approximate surface area is 229 Å². The fraction of sp³-hybridized carbons (Fsp3) is 0.345. The third kappa shape index (κ3) is 4.30. The number of hydrogen-bond acceptors (Lipinski definition) is 8. The minimum atomic E-state index is -0.651. The lowest BCUT2D eigenvalue weighted by atomic mass is 9.95. The third-order valence-corrected chi connectivity index (χ3v) is 8.19. The maximum atomic E-state index is 16.3. The molecule has 9 nitrogen and oxygen atoms in total. The molecule has 5 heterocycles. The molecular weight excluding hydrogens is 514 g/mol. The van der Waals surface area contributed by atoms with Crippen molar-refractivity contribution in [2.24, 2.45) is 0 Å². The number of nitrogens with zero attached hydrogens (tertiary/aromatic N) is 6. The van der Waals surface area contributed by atoms with Crippen LogP contribution >= 0.6 is 0 Å². The lowest BCUT2D eigenvalue weighted by Crippen LogP contribution is -2.43. The van der Waals surface area contributed by atoms with Gasteiger partial charge in [-0.3, -0.25) is 15.0 Å². The van der Waals surface area contributed by atoms with Crippen molar-refractivity contribution in [1.29, 1.82) is 0 Å². The summed E-state index contributed by atoms with van der Waals surface area (Å²) in [5, 5.41) is 15.1. The summed E-state index contributed by atoms with van der Waals surface area (Å²) in [7, 11) is 0. The number of fused-ring (bicyclic) bond motifs is 3. The van der Waals surface area contributed by atoms with E-state index in [2.05, 4.69) is 40.6 Å². The summed E-state index contributed by atoms with van der Waals surface area (Å²) < 4.78 is 37.4. The second-order valence-electron chi connectivity index (χ2n) is 10.5. The van der Waals surface area contributed by atoms with E-state index >= 15 is 4.39 Å². The quantitative estimate of drug-likeness (QED) is 0.285. The van der Waals surface area contributed by atoms with E-state index in [1.807, 2.05) is 0 Å². The van der Waals surface area contributed by atoms with Gasteiger partial charge in [0.15, 0.2) is 5.82 Å². The zero-order chi connectivity index (χ0) is 27.1. The fourth-order valence-corrected chi connectivity index (χ4v) is 6.23. The summed E-state index contributed by atoms with van der Waals surface area (Å²) in [5.74, 6) is -0.674. The first-order chi connectivity index (χ1) is 19.6. The largest absolute Gasteiger partial charge is 0.461 e. The first kappa shape index (κ1) is 24.8. The van der Waals surface area contributed by atoms with E-state index in [4.69, 9.17) is 4.74 Å². The summed E-state index contributed by atoms with van der Waals surface area (Å²) in [6.07, 6.45) is 8.25. The first-order valence-corrected chi connectivity index (χ1v) is 13.6. The van der Waals surface area contributed by atoms with E-state index < -0.39 is 11.6 Å². The molecule has 204 valence electrons. The van der Waals surface area contributed by atoms with Gasteiger partial charge in [-0.15, -0.1) is 5.10 Å². The van der Waals surface area contributed by atoms with Gasteiger partial charge < -0.3 is 10.1 Å². The number of hydrogen-bond donors (Lipinski definition) is 2. The van der Waals surface area contributed by atoms with Crippen LogP contribution in [0.15, 0.2) is 48.8 Å². The van der Waals surface area contributed by atoms with E-state index in [0.717, 1.165) is 44.5 Å². The highest BCUT2D eigenvalue weighted by Crippen LogP contribution is 2.39. The van der Waals surface area contributed by atoms with Crippen LogP contribution in [0.3, 0.4) is 0 Å². The molecule has 0 bridgehead atoms. The monoisotopic (exact) mass is 542 g/mol. The number of pyridine rings is 1. The predicted molar refractivity (Wildman–Crippen MR) is 147 cm³/mol. The van der Waals surface area contributed by atoms with E-state index in [1.54, 1.807) is 36.5 Å². The molecule has 0 atom stereocenters. The molecule has 0 spiro atoms. The Kier molecular flexibility index (Phi) is 6.22. The Morgan fingerprint density at radius 2 is 1.88 bits per heavy atom. The molecule has 2 N–H and O–H groups in total. The van der Waals surface area contributed by atoms with Crippen LogP contribution in [-0.2, 0) is 6.42 Å². The van der Waals surface area contributed by atoms with Gasteiger partial charge in [0.2, 0.25) is 0 Å². The number of halogens is 2. The van der Waals surface area contributed by atoms with Crippen molar-refractivity contribution in [3.8, 4) is 17.3 Å². The summed E-state index contributed by atoms with van der Waals surface area (Å²) in [6, 6.07) is 10.1. The highest BCUT2D eigenvalue weighted by atomic mass is 19.1. The van der Waals surface area contributed by atoms with Gasteiger partial charge in [0, 0.05) is 36.3 Å². The van der Waals surface area contributed by atoms with Crippen molar-refractivity contribution in [3.05, 3.63) is 66.1 Å². The number of aromatic amines is 1. The number of aromatic nitrogens is 6. The number of H-pyrrole nitrogens is 1. The molecule has 3 aromatic heterocycles. The number of anilines is 1. The summed E-state index contributed by atoms with van der Waals surface area (Å²) in [6.45, 7) is 3.07. The van der Waals surface area contributed by atoms with Gasteiger partial charge in [0.05, 0.1) is 16.6 Å². The van der Waals surface area contributed by atoms with E-state index in [-0.39, 0.29) is 22.8 Å². The van der Waals surface area contributed by atoms with Crippen molar-refractivity contribution in [2.75, 3.05) is 31.6 Å². The highest BCUT2D eigenvalue weighted by molar-refractivity contribution is 5.99. The average Bonchev–Trinajstić information content (AvgIpc) is 3.71. The second kappa shape index (κ2) is 10.1. The third-order valence-electron chi connectivity index (χ3n) is 8.19. The normalized spacial score (nSPS) is 16.6. The lowest BCUT2D eigenvalue weighted by molar-refractivity contribution is 0.108. The van der Waals surface area contributed by atoms with E-state index in [9.17, 15) is 4.39 Å². The molecule has 0 amide bonds. The van der Waals surface area contributed by atoms with Crippen LogP contribution in [0.25, 0.3) is 32.9 Å². The van der Waals surface area contributed by atoms with Gasteiger partial charge in [-0.2, -0.15) is 9.97 Å². The Bertz CT molecular complexity index is 1680. The SMILES string of the molecule is Fc1c(-c2cccc3cccc(F)c23)ncc2c(NCCc3c[nH]nn3)nc(OCC34CCCN3CCC4)nc12.